The number of aromatic carboxylic acids is 1. The summed E-state index contributed by atoms with van der Waals surface area (Å²) in [5.74, 6) is -0.162. The molecule has 1 N–H and O–H groups in total. The molecule has 0 aromatic heterocycles. The maximum absolute atomic E-state index is 10.8. The Morgan fingerprint density at radius 3 is 2.00 bits per heavy atom. The summed E-state index contributed by atoms with van der Waals surface area (Å²) >= 11 is 0. The smallest absolute Gasteiger partial charge is 0.335 e. The molecule has 0 amide bonds. The minimum absolute atomic E-state index is 0.255. The molecule has 0 aliphatic carbocycles. The number of hydrogen-bond donors (Lipinski definition) is 1. The number of carbonyl (C=O) groups is 1. The Balaban J connectivity index is 2.19. The van der Waals surface area contributed by atoms with Gasteiger partial charge in [-0.3, -0.25) is 4.99 Å². The molecule has 0 aliphatic rings. The largest absolute Gasteiger partial charge is 0.497 e. The van der Waals surface area contributed by atoms with Crippen LogP contribution >= 0.6 is 0 Å². The lowest BCUT2D eigenvalue weighted by Crippen LogP contribution is -1.99. The van der Waals surface area contributed by atoms with Gasteiger partial charge < -0.3 is 9.84 Å². The van der Waals surface area contributed by atoms with Gasteiger partial charge in [0.15, 0.2) is 0 Å². The zero-order chi connectivity index (χ0) is 16.1. The number of carboxylic acid groups (broad SMARTS) is 1. The van der Waals surface area contributed by atoms with Gasteiger partial charge in [0.1, 0.15) is 5.75 Å². The summed E-state index contributed by atoms with van der Waals surface area (Å²) in [6.45, 7) is 5.83. The zero-order valence-corrected chi connectivity index (χ0v) is 12.5. The van der Waals surface area contributed by atoms with E-state index in [1.165, 1.54) is 0 Å². The van der Waals surface area contributed by atoms with Crippen molar-refractivity contribution in [2.45, 2.75) is 6.92 Å². The van der Waals surface area contributed by atoms with Crippen LogP contribution in [0.15, 0.2) is 60.1 Å². The molecule has 0 saturated heterocycles. The van der Waals surface area contributed by atoms with Gasteiger partial charge in [-0.1, -0.05) is 18.7 Å². The van der Waals surface area contributed by atoms with Crippen molar-refractivity contribution in [3.05, 3.63) is 71.8 Å². The molecule has 0 atom stereocenters. The van der Waals surface area contributed by atoms with E-state index in [9.17, 15) is 4.79 Å². The highest BCUT2D eigenvalue weighted by molar-refractivity contribution is 6.02. The lowest BCUT2D eigenvalue weighted by atomic mass is 10.1. The van der Waals surface area contributed by atoms with E-state index in [-0.39, 0.29) is 5.56 Å². The first-order valence-electron chi connectivity index (χ1n) is 6.73. The summed E-state index contributed by atoms with van der Waals surface area (Å²) in [4.78, 5) is 15.3. The van der Waals surface area contributed by atoms with E-state index in [0.29, 0.717) is 5.70 Å². The molecular weight excluding hydrogens is 278 g/mol. The third-order valence-corrected chi connectivity index (χ3v) is 3.28. The van der Waals surface area contributed by atoms with Crippen LogP contribution in [-0.2, 0) is 0 Å². The molecule has 4 heteroatoms. The summed E-state index contributed by atoms with van der Waals surface area (Å²) in [5.41, 5.74) is 3.44. The van der Waals surface area contributed by atoms with Crippen molar-refractivity contribution >= 4 is 17.4 Å². The Morgan fingerprint density at radius 2 is 1.50 bits per heavy atom. The van der Waals surface area contributed by atoms with Crippen LogP contribution in [-0.4, -0.2) is 23.9 Å². The first kappa shape index (κ1) is 15.5. The molecule has 112 valence electrons. The van der Waals surface area contributed by atoms with Gasteiger partial charge in [-0.05, 0) is 54.4 Å². The van der Waals surface area contributed by atoms with E-state index in [1.807, 2.05) is 31.2 Å². The second-order valence-electron chi connectivity index (χ2n) is 4.75. The van der Waals surface area contributed by atoms with Gasteiger partial charge in [-0.2, -0.15) is 0 Å². The Labute approximate surface area is 129 Å². The Hall–Kier alpha value is -2.88. The van der Waals surface area contributed by atoms with Crippen LogP contribution in [0.1, 0.15) is 28.4 Å². The summed E-state index contributed by atoms with van der Waals surface area (Å²) in [7, 11) is 1.62. The number of nitrogens with zero attached hydrogens (tertiary/aromatic N) is 1. The van der Waals surface area contributed by atoms with Crippen LogP contribution in [0.3, 0.4) is 0 Å². The lowest BCUT2D eigenvalue weighted by molar-refractivity contribution is 0.0697. The van der Waals surface area contributed by atoms with Crippen molar-refractivity contribution in [1.82, 2.24) is 0 Å². The highest BCUT2D eigenvalue weighted by Gasteiger charge is 2.04. The third kappa shape index (κ3) is 3.61. The second-order valence-corrected chi connectivity index (χ2v) is 4.75. The normalized spacial score (nSPS) is 11.1. The first-order chi connectivity index (χ1) is 10.5. The van der Waals surface area contributed by atoms with Crippen molar-refractivity contribution in [3.8, 4) is 5.75 Å². The minimum Gasteiger partial charge on any atom is -0.497 e. The van der Waals surface area contributed by atoms with Crippen molar-refractivity contribution < 1.29 is 14.6 Å². The van der Waals surface area contributed by atoms with E-state index in [1.54, 1.807) is 31.4 Å². The van der Waals surface area contributed by atoms with Gasteiger partial charge in [0, 0.05) is 5.71 Å². The molecule has 0 fully saturated rings. The predicted molar refractivity (Wildman–Crippen MR) is 87.6 cm³/mol. The fraction of sp³-hybridized carbons (Fsp3) is 0.111. The van der Waals surface area contributed by atoms with E-state index < -0.39 is 5.97 Å². The number of aliphatic imine (C=N–C) groups is 1. The van der Waals surface area contributed by atoms with Crippen molar-refractivity contribution in [2.24, 2.45) is 4.99 Å². The van der Waals surface area contributed by atoms with Gasteiger partial charge in [-0.25, -0.2) is 4.79 Å². The first-order valence-corrected chi connectivity index (χ1v) is 6.73. The minimum atomic E-state index is -0.941. The molecule has 0 spiro atoms. The summed E-state index contributed by atoms with van der Waals surface area (Å²) in [6, 6.07) is 14.1. The standard InChI is InChI=1S/C18H17NO3/c1-12(14-4-6-16(7-5-14)18(20)21)19-13(2)15-8-10-17(22-3)11-9-15/h4-11H,2H2,1,3H3,(H,20,21). The topological polar surface area (TPSA) is 58.9 Å². The summed E-state index contributed by atoms with van der Waals surface area (Å²) in [5, 5.41) is 8.90. The van der Waals surface area contributed by atoms with Crippen molar-refractivity contribution in [3.63, 3.8) is 0 Å². The molecule has 0 bridgehead atoms. The Kier molecular flexibility index (Phi) is 4.73. The van der Waals surface area contributed by atoms with Gasteiger partial charge in [-0.15, -0.1) is 0 Å². The monoisotopic (exact) mass is 295 g/mol. The molecule has 2 rings (SSSR count). The van der Waals surface area contributed by atoms with Gasteiger partial charge in [0.2, 0.25) is 0 Å². The van der Waals surface area contributed by atoms with Crippen LogP contribution in [0.4, 0.5) is 0 Å². The van der Waals surface area contributed by atoms with E-state index in [4.69, 9.17) is 9.84 Å². The quantitative estimate of drug-likeness (QED) is 0.852. The molecule has 22 heavy (non-hydrogen) atoms. The van der Waals surface area contributed by atoms with E-state index >= 15 is 0 Å². The molecule has 0 saturated carbocycles. The fourth-order valence-corrected chi connectivity index (χ4v) is 1.97. The predicted octanol–water partition coefficient (Wildman–Crippen LogP) is 3.87. The summed E-state index contributed by atoms with van der Waals surface area (Å²) < 4.78 is 5.12. The summed E-state index contributed by atoms with van der Waals surface area (Å²) in [6.07, 6.45) is 0. The maximum atomic E-state index is 10.8. The average Bonchev–Trinajstić information content (AvgIpc) is 2.54. The van der Waals surface area contributed by atoms with Gasteiger partial charge in [0.25, 0.3) is 0 Å². The number of rotatable bonds is 5. The molecule has 2 aromatic rings. The zero-order valence-electron chi connectivity index (χ0n) is 12.5. The third-order valence-electron chi connectivity index (χ3n) is 3.28. The van der Waals surface area contributed by atoms with E-state index in [0.717, 1.165) is 22.6 Å². The van der Waals surface area contributed by atoms with Gasteiger partial charge >= 0.3 is 5.97 Å². The molecule has 2 aromatic carbocycles. The highest BCUT2D eigenvalue weighted by atomic mass is 16.5. The lowest BCUT2D eigenvalue weighted by Gasteiger charge is -2.06. The van der Waals surface area contributed by atoms with Crippen LogP contribution in [0.5, 0.6) is 5.75 Å². The molecule has 0 radical (unpaired) electrons. The van der Waals surface area contributed by atoms with Crippen LogP contribution in [0.2, 0.25) is 0 Å². The SMILES string of the molecule is C=C(N=C(C)c1ccc(C(=O)O)cc1)c1ccc(OC)cc1. The number of carboxylic acids is 1. The molecule has 4 nitrogen and oxygen atoms in total. The second kappa shape index (κ2) is 6.72. The Morgan fingerprint density at radius 1 is 1.00 bits per heavy atom. The highest BCUT2D eigenvalue weighted by Crippen LogP contribution is 2.19. The van der Waals surface area contributed by atoms with Crippen molar-refractivity contribution in [2.75, 3.05) is 7.11 Å². The number of hydrogen-bond acceptors (Lipinski definition) is 3. The van der Waals surface area contributed by atoms with Crippen LogP contribution in [0, 0.1) is 0 Å². The molecule has 0 aliphatic heterocycles. The average molecular weight is 295 g/mol. The molecular formula is C18H17NO3. The Bertz CT molecular complexity index is 713. The number of methoxy groups -OCH3 is 1. The van der Waals surface area contributed by atoms with Crippen LogP contribution in [0.25, 0.3) is 5.70 Å². The van der Waals surface area contributed by atoms with Gasteiger partial charge in [0.05, 0.1) is 18.4 Å². The number of ether oxygens (including phenoxy) is 1. The maximum Gasteiger partial charge on any atom is 0.335 e. The molecule has 0 heterocycles. The van der Waals surface area contributed by atoms with Crippen molar-refractivity contribution in [1.29, 1.82) is 0 Å². The van der Waals surface area contributed by atoms with Crippen LogP contribution < -0.4 is 4.74 Å². The van der Waals surface area contributed by atoms with E-state index in [2.05, 4.69) is 11.6 Å². The fourth-order valence-electron chi connectivity index (χ4n) is 1.97. The number of benzene rings is 2. The molecule has 0 unspecified atom stereocenters.